The zero-order valence-corrected chi connectivity index (χ0v) is 11.1. The molecule has 1 fully saturated rings. The molecule has 0 radical (unpaired) electrons. The van der Waals surface area contributed by atoms with Gasteiger partial charge in [0.25, 0.3) is 0 Å². The molecule has 4 nitrogen and oxygen atoms in total. The van der Waals surface area contributed by atoms with Gasteiger partial charge in [-0.2, -0.15) is 0 Å². The number of hydrogen-bond acceptors (Lipinski definition) is 4. The number of ether oxygens (including phenoxy) is 1. The molecule has 0 aliphatic carbocycles. The summed E-state index contributed by atoms with van der Waals surface area (Å²) in [6.07, 6.45) is 0.443. The van der Waals surface area contributed by atoms with E-state index in [1.807, 2.05) is 0 Å². The Hall–Kier alpha value is -1.46. The summed E-state index contributed by atoms with van der Waals surface area (Å²) in [6, 6.07) is 4.54. The van der Waals surface area contributed by atoms with Crippen LogP contribution >= 0.6 is 0 Å². The number of benzene rings is 1. The topological polar surface area (TPSA) is 38.5 Å². The van der Waals surface area contributed by atoms with Crippen LogP contribution < -0.4 is 0 Å². The van der Waals surface area contributed by atoms with Crippen molar-refractivity contribution >= 4 is 11.0 Å². The highest BCUT2D eigenvalue weighted by Crippen LogP contribution is 2.22. The van der Waals surface area contributed by atoms with E-state index < -0.39 is 0 Å². The fourth-order valence-corrected chi connectivity index (χ4v) is 2.70. The standard InChI is InChI=1S/C14H17FN2O2/c1-9-6-17(7-10(2)18-9)8-13-12-4-3-11(15)5-14(12)19-16-13/h3-5,9-10H,6-8H2,1-2H3. The van der Waals surface area contributed by atoms with Gasteiger partial charge >= 0.3 is 0 Å². The first-order valence-electron chi connectivity index (χ1n) is 6.53. The Balaban J connectivity index is 1.81. The van der Waals surface area contributed by atoms with Crippen LogP contribution in [0.2, 0.25) is 0 Å². The van der Waals surface area contributed by atoms with Crippen molar-refractivity contribution in [3.8, 4) is 0 Å². The van der Waals surface area contributed by atoms with Crippen molar-refractivity contribution in [3.63, 3.8) is 0 Å². The van der Waals surface area contributed by atoms with E-state index in [0.29, 0.717) is 12.1 Å². The van der Waals surface area contributed by atoms with Gasteiger partial charge < -0.3 is 9.26 Å². The summed E-state index contributed by atoms with van der Waals surface area (Å²) in [6.45, 7) is 6.59. The monoisotopic (exact) mass is 264 g/mol. The van der Waals surface area contributed by atoms with Gasteiger partial charge in [0.1, 0.15) is 11.5 Å². The minimum absolute atomic E-state index is 0.222. The minimum Gasteiger partial charge on any atom is -0.373 e. The van der Waals surface area contributed by atoms with E-state index in [0.717, 1.165) is 24.2 Å². The predicted octanol–water partition coefficient (Wildman–Crippen LogP) is 2.58. The fourth-order valence-electron chi connectivity index (χ4n) is 2.70. The third-order valence-electron chi connectivity index (χ3n) is 3.38. The van der Waals surface area contributed by atoms with Crippen LogP contribution in [0, 0.1) is 5.82 Å². The van der Waals surface area contributed by atoms with Crippen molar-refractivity contribution in [3.05, 3.63) is 29.7 Å². The third kappa shape index (κ3) is 2.62. The molecular weight excluding hydrogens is 247 g/mol. The first-order valence-corrected chi connectivity index (χ1v) is 6.53. The van der Waals surface area contributed by atoms with Gasteiger partial charge in [0.2, 0.25) is 0 Å². The lowest BCUT2D eigenvalue weighted by Gasteiger charge is -2.34. The molecule has 0 spiro atoms. The first kappa shape index (κ1) is 12.6. The van der Waals surface area contributed by atoms with E-state index in [4.69, 9.17) is 9.26 Å². The van der Waals surface area contributed by atoms with Crippen LogP contribution in [0.3, 0.4) is 0 Å². The Kier molecular flexibility index (Phi) is 3.24. The van der Waals surface area contributed by atoms with E-state index in [1.54, 1.807) is 6.07 Å². The van der Waals surface area contributed by atoms with Crippen molar-refractivity contribution in [2.24, 2.45) is 0 Å². The van der Waals surface area contributed by atoms with Crippen LogP contribution in [-0.4, -0.2) is 35.4 Å². The highest BCUT2D eigenvalue weighted by molar-refractivity contribution is 5.79. The number of nitrogens with zero attached hydrogens (tertiary/aromatic N) is 2. The summed E-state index contributed by atoms with van der Waals surface area (Å²) in [4.78, 5) is 2.29. The largest absolute Gasteiger partial charge is 0.373 e. The summed E-state index contributed by atoms with van der Waals surface area (Å²) < 4.78 is 24.0. The smallest absolute Gasteiger partial charge is 0.170 e. The van der Waals surface area contributed by atoms with Crippen LogP contribution in [0.1, 0.15) is 19.5 Å². The van der Waals surface area contributed by atoms with Gasteiger partial charge in [-0.25, -0.2) is 4.39 Å². The maximum Gasteiger partial charge on any atom is 0.170 e. The van der Waals surface area contributed by atoms with Crippen molar-refractivity contribution < 1.29 is 13.7 Å². The molecule has 3 rings (SSSR count). The van der Waals surface area contributed by atoms with Gasteiger partial charge in [-0.1, -0.05) is 5.16 Å². The van der Waals surface area contributed by atoms with Gasteiger partial charge in [0, 0.05) is 31.1 Å². The molecule has 1 aromatic heterocycles. The Labute approximate surface area is 111 Å². The fraction of sp³-hybridized carbons (Fsp3) is 0.500. The molecular formula is C14H17FN2O2. The summed E-state index contributed by atoms with van der Waals surface area (Å²) in [5, 5.41) is 4.94. The maximum absolute atomic E-state index is 13.1. The van der Waals surface area contributed by atoms with Crippen LogP contribution in [0.5, 0.6) is 0 Å². The molecule has 19 heavy (non-hydrogen) atoms. The van der Waals surface area contributed by atoms with Crippen LogP contribution in [0.4, 0.5) is 4.39 Å². The second kappa shape index (κ2) is 4.90. The second-order valence-corrected chi connectivity index (χ2v) is 5.22. The second-order valence-electron chi connectivity index (χ2n) is 5.22. The first-order chi connectivity index (χ1) is 9.11. The average molecular weight is 264 g/mol. The highest BCUT2D eigenvalue weighted by Gasteiger charge is 2.23. The SMILES string of the molecule is CC1CN(Cc2noc3cc(F)ccc23)CC(C)O1. The van der Waals surface area contributed by atoms with Gasteiger partial charge in [-0.05, 0) is 26.0 Å². The zero-order valence-electron chi connectivity index (χ0n) is 11.1. The number of rotatable bonds is 2. The molecule has 102 valence electrons. The summed E-state index contributed by atoms with van der Waals surface area (Å²) in [5.41, 5.74) is 1.36. The van der Waals surface area contributed by atoms with Gasteiger partial charge in [-0.15, -0.1) is 0 Å². The molecule has 2 heterocycles. The van der Waals surface area contributed by atoms with Gasteiger partial charge in [0.15, 0.2) is 5.58 Å². The highest BCUT2D eigenvalue weighted by atomic mass is 19.1. The molecule has 5 heteroatoms. The Morgan fingerprint density at radius 3 is 2.79 bits per heavy atom. The summed E-state index contributed by atoms with van der Waals surface area (Å²) >= 11 is 0. The van der Waals surface area contributed by atoms with E-state index in [-0.39, 0.29) is 18.0 Å². The van der Waals surface area contributed by atoms with Crippen molar-refractivity contribution in [2.45, 2.75) is 32.6 Å². The molecule has 0 bridgehead atoms. The number of fused-ring (bicyclic) bond motifs is 1. The number of hydrogen-bond donors (Lipinski definition) is 0. The van der Waals surface area contributed by atoms with Crippen molar-refractivity contribution in [1.82, 2.24) is 10.1 Å². The van der Waals surface area contributed by atoms with Gasteiger partial charge in [-0.3, -0.25) is 4.90 Å². The third-order valence-corrected chi connectivity index (χ3v) is 3.38. The molecule has 0 saturated carbocycles. The molecule has 2 aromatic rings. The Bertz CT molecular complexity index is 574. The molecule has 1 aliphatic heterocycles. The predicted molar refractivity (Wildman–Crippen MR) is 69.3 cm³/mol. The molecule has 1 aromatic carbocycles. The lowest BCUT2D eigenvalue weighted by atomic mass is 10.1. The lowest BCUT2D eigenvalue weighted by molar-refractivity contribution is -0.0708. The Morgan fingerprint density at radius 2 is 2.05 bits per heavy atom. The normalized spacial score (nSPS) is 25.0. The Morgan fingerprint density at radius 1 is 1.32 bits per heavy atom. The van der Waals surface area contributed by atoms with Crippen LogP contribution in [0.15, 0.2) is 22.7 Å². The number of aromatic nitrogens is 1. The quantitative estimate of drug-likeness (QED) is 0.835. The van der Waals surface area contributed by atoms with E-state index in [2.05, 4.69) is 23.9 Å². The molecule has 1 aliphatic rings. The molecule has 0 amide bonds. The van der Waals surface area contributed by atoms with E-state index >= 15 is 0 Å². The van der Waals surface area contributed by atoms with Crippen LogP contribution in [-0.2, 0) is 11.3 Å². The zero-order chi connectivity index (χ0) is 13.4. The number of halogens is 1. The molecule has 2 atom stereocenters. The number of morpholine rings is 1. The molecule has 1 saturated heterocycles. The molecule has 2 unspecified atom stereocenters. The summed E-state index contributed by atoms with van der Waals surface area (Å²) in [5.74, 6) is -0.302. The molecule has 0 N–H and O–H groups in total. The van der Waals surface area contributed by atoms with E-state index in [1.165, 1.54) is 12.1 Å². The van der Waals surface area contributed by atoms with Crippen LogP contribution in [0.25, 0.3) is 11.0 Å². The van der Waals surface area contributed by atoms with Gasteiger partial charge in [0.05, 0.1) is 12.2 Å². The van der Waals surface area contributed by atoms with E-state index in [9.17, 15) is 4.39 Å². The maximum atomic E-state index is 13.1. The summed E-state index contributed by atoms with van der Waals surface area (Å²) in [7, 11) is 0. The minimum atomic E-state index is -0.302. The lowest BCUT2D eigenvalue weighted by Crippen LogP contribution is -2.44. The van der Waals surface area contributed by atoms with Crippen molar-refractivity contribution in [1.29, 1.82) is 0 Å². The average Bonchev–Trinajstić information content (AvgIpc) is 2.70. The van der Waals surface area contributed by atoms with Crippen molar-refractivity contribution in [2.75, 3.05) is 13.1 Å².